The Hall–Kier alpha value is -1.43. The Morgan fingerprint density at radius 3 is 2.55 bits per heavy atom. The highest BCUT2D eigenvalue weighted by molar-refractivity contribution is 5.93. The highest BCUT2D eigenvalue weighted by atomic mass is 16.7. The maximum absolute atomic E-state index is 12.2. The molecule has 0 bridgehead atoms. The van der Waals surface area contributed by atoms with Gasteiger partial charge in [-0.15, -0.1) is 0 Å². The summed E-state index contributed by atoms with van der Waals surface area (Å²) in [5, 5.41) is 3.00. The SMILES string of the molecule is Cc1ccc(NC(=O)CN2CCC3(CC2)OCCO3)c(C)c1. The maximum Gasteiger partial charge on any atom is 0.238 e. The lowest BCUT2D eigenvalue weighted by Crippen LogP contribution is -2.47. The van der Waals surface area contributed by atoms with E-state index in [2.05, 4.69) is 23.2 Å². The molecule has 1 N–H and O–H groups in total. The van der Waals surface area contributed by atoms with Crippen LogP contribution in [0.4, 0.5) is 5.69 Å². The van der Waals surface area contributed by atoms with Gasteiger partial charge in [0.2, 0.25) is 5.91 Å². The van der Waals surface area contributed by atoms with Gasteiger partial charge in [-0.1, -0.05) is 17.7 Å². The van der Waals surface area contributed by atoms with Crippen LogP contribution in [0.25, 0.3) is 0 Å². The van der Waals surface area contributed by atoms with Crippen molar-refractivity contribution in [2.24, 2.45) is 0 Å². The Balaban J connectivity index is 1.50. The van der Waals surface area contributed by atoms with Crippen LogP contribution in [0.15, 0.2) is 18.2 Å². The van der Waals surface area contributed by atoms with Crippen molar-refractivity contribution in [2.75, 3.05) is 38.2 Å². The standard InChI is InChI=1S/C17H24N2O3/c1-13-3-4-15(14(2)11-13)18-16(20)12-19-7-5-17(6-8-19)21-9-10-22-17/h3-4,11H,5-10,12H2,1-2H3,(H,18,20). The predicted molar refractivity (Wildman–Crippen MR) is 84.9 cm³/mol. The molecule has 5 nitrogen and oxygen atoms in total. The topological polar surface area (TPSA) is 50.8 Å². The number of nitrogens with one attached hydrogen (secondary N) is 1. The van der Waals surface area contributed by atoms with Crippen molar-refractivity contribution >= 4 is 11.6 Å². The largest absolute Gasteiger partial charge is 0.347 e. The van der Waals surface area contributed by atoms with Gasteiger partial charge in [0.25, 0.3) is 0 Å². The van der Waals surface area contributed by atoms with Crippen LogP contribution < -0.4 is 5.32 Å². The molecule has 0 atom stereocenters. The van der Waals surface area contributed by atoms with Gasteiger partial charge >= 0.3 is 0 Å². The number of likely N-dealkylation sites (tertiary alicyclic amines) is 1. The van der Waals surface area contributed by atoms with Crippen molar-refractivity contribution in [3.63, 3.8) is 0 Å². The third kappa shape index (κ3) is 3.48. The number of ether oxygens (including phenoxy) is 2. The fourth-order valence-electron chi connectivity index (χ4n) is 3.18. The second kappa shape index (κ2) is 6.36. The number of hydrogen-bond donors (Lipinski definition) is 1. The van der Waals surface area contributed by atoms with Crippen LogP contribution in [0, 0.1) is 13.8 Å². The van der Waals surface area contributed by atoms with E-state index in [9.17, 15) is 4.79 Å². The van der Waals surface area contributed by atoms with Crippen molar-refractivity contribution < 1.29 is 14.3 Å². The van der Waals surface area contributed by atoms with Gasteiger partial charge in [-0.25, -0.2) is 0 Å². The number of nitrogens with zero attached hydrogens (tertiary/aromatic N) is 1. The molecule has 1 spiro atoms. The molecule has 0 unspecified atom stereocenters. The van der Waals surface area contributed by atoms with E-state index in [4.69, 9.17) is 9.47 Å². The van der Waals surface area contributed by atoms with Gasteiger partial charge in [0, 0.05) is 31.6 Å². The molecule has 5 heteroatoms. The van der Waals surface area contributed by atoms with Crippen molar-refractivity contribution in [3.8, 4) is 0 Å². The van der Waals surface area contributed by atoms with Gasteiger partial charge in [0.1, 0.15) is 0 Å². The highest BCUT2D eigenvalue weighted by Crippen LogP contribution is 2.31. The minimum atomic E-state index is -0.374. The summed E-state index contributed by atoms with van der Waals surface area (Å²) in [6.07, 6.45) is 1.67. The second-order valence-electron chi connectivity index (χ2n) is 6.25. The van der Waals surface area contributed by atoms with Crippen molar-refractivity contribution in [2.45, 2.75) is 32.5 Å². The summed E-state index contributed by atoms with van der Waals surface area (Å²) in [6, 6.07) is 6.06. The molecular formula is C17H24N2O3. The molecule has 22 heavy (non-hydrogen) atoms. The van der Waals surface area contributed by atoms with Crippen molar-refractivity contribution in [1.82, 2.24) is 4.90 Å². The van der Waals surface area contributed by atoms with Gasteiger partial charge in [-0.3, -0.25) is 9.69 Å². The zero-order valence-electron chi connectivity index (χ0n) is 13.4. The average molecular weight is 304 g/mol. The summed E-state index contributed by atoms with van der Waals surface area (Å²) >= 11 is 0. The quantitative estimate of drug-likeness (QED) is 0.929. The van der Waals surface area contributed by atoms with E-state index in [1.807, 2.05) is 19.1 Å². The Morgan fingerprint density at radius 1 is 1.23 bits per heavy atom. The van der Waals surface area contributed by atoms with E-state index in [1.165, 1.54) is 5.56 Å². The molecule has 1 amide bonds. The van der Waals surface area contributed by atoms with Crippen LogP contribution in [-0.2, 0) is 14.3 Å². The molecule has 3 rings (SSSR count). The third-order valence-electron chi connectivity index (χ3n) is 4.45. The Kier molecular flexibility index (Phi) is 4.47. The van der Waals surface area contributed by atoms with E-state index in [-0.39, 0.29) is 11.7 Å². The van der Waals surface area contributed by atoms with E-state index in [1.54, 1.807) is 0 Å². The van der Waals surface area contributed by atoms with Crippen LogP contribution in [-0.4, -0.2) is 49.4 Å². The van der Waals surface area contributed by atoms with Gasteiger partial charge in [-0.05, 0) is 25.5 Å². The minimum absolute atomic E-state index is 0.0381. The van der Waals surface area contributed by atoms with Gasteiger partial charge in [0.15, 0.2) is 5.79 Å². The molecule has 1 aromatic carbocycles. The third-order valence-corrected chi connectivity index (χ3v) is 4.45. The molecule has 120 valence electrons. The van der Waals surface area contributed by atoms with Crippen LogP contribution in [0.1, 0.15) is 24.0 Å². The van der Waals surface area contributed by atoms with Crippen LogP contribution in [0.3, 0.4) is 0 Å². The first kappa shape index (κ1) is 15.5. The van der Waals surface area contributed by atoms with Crippen molar-refractivity contribution in [3.05, 3.63) is 29.3 Å². The van der Waals surface area contributed by atoms with E-state index >= 15 is 0 Å². The summed E-state index contributed by atoms with van der Waals surface area (Å²) in [5.74, 6) is -0.336. The average Bonchev–Trinajstić information content (AvgIpc) is 2.93. The summed E-state index contributed by atoms with van der Waals surface area (Å²) in [6.45, 7) is 7.53. The zero-order chi connectivity index (χ0) is 15.6. The molecule has 2 aliphatic rings. The lowest BCUT2D eigenvalue weighted by Gasteiger charge is -2.37. The maximum atomic E-state index is 12.2. The number of anilines is 1. The number of rotatable bonds is 3. The fourth-order valence-corrected chi connectivity index (χ4v) is 3.18. The summed E-state index contributed by atoms with van der Waals surface area (Å²) < 4.78 is 11.4. The van der Waals surface area contributed by atoms with Gasteiger partial charge in [-0.2, -0.15) is 0 Å². The van der Waals surface area contributed by atoms with Gasteiger partial charge < -0.3 is 14.8 Å². The smallest absolute Gasteiger partial charge is 0.238 e. The molecule has 2 heterocycles. The Labute approximate surface area is 131 Å². The van der Waals surface area contributed by atoms with Gasteiger partial charge in [0.05, 0.1) is 19.8 Å². The van der Waals surface area contributed by atoms with E-state index < -0.39 is 0 Å². The number of carbonyl (C=O) groups is 1. The molecular weight excluding hydrogens is 280 g/mol. The molecule has 0 radical (unpaired) electrons. The molecule has 2 fully saturated rings. The number of hydrogen-bond acceptors (Lipinski definition) is 4. The Bertz CT molecular complexity index is 543. The number of benzene rings is 1. The molecule has 0 saturated carbocycles. The molecule has 2 saturated heterocycles. The normalized spacial score (nSPS) is 21.2. The second-order valence-corrected chi connectivity index (χ2v) is 6.25. The molecule has 1 aromatic rings. The lowest BCUT2D eigenvalue weighted by molar-refractivity contribution is -0.185. The summed E-state index contributed by atoms with van der Waals surface area (Å²) in [4.78, 5) is 14.4. The van der Waals surface area contributed by atoms with Crippen molar-refractivity contribution in [1.29, 1.82) is 0 Å². The van der Waals surface area contributed by atoms with E-state index in [0.717, 1.165) is 37.2 Å². The zero-order valence-corrected chi connectivity index (χ0v) is 13.4. The predicted octanol–water partition coefficient (Wildman–Crippen LogP) is 2.08. The molecule has 2 aliphatic heterocycles. The molecule has 0 aliphatic carbocycles. The van der Waals surface area contributed by atoms with Crippen LogP contribution in [0.5, 0.6) is 0 Å². The minimum Gasteiger partial charge on any atom is -0.347 e. The number of piperidine rings is 1. The first-order valence-corrected chi connectivity index (χ1v) is 7.94. The number of carbonyl (C=O) groups excluding carboxylic acids is 1. The first-order chi connectivity index (χ1) is 10.6. The highest BCUT2D eigenvalue weighted by Gasteiger charge is 2.39. The fraction of sp³-hybridized carbons (Fsp3) is 0.588. The van der Waals surface area contributed by atoms with Crippen LogP contribution in [0.2, 0.25) is 0 Å². The first-order valence-electron chi connectivity index (χ1n) is 7.94. The monoisotopic (exact) mass is 304 g/mol. The summed E-state index contributed by atoms with van der Waals surface area (Å²) in [7, 11) is 0. The lowest BCUT2D eigenvalue weighted by atomic mass is 10.0. The Morgan fingerprint density at radius 2 is 1.91 bits per heavy atom. The van der Waals surface area contributed by atoms with E-state index in [0.29, 0.717) is 19.8 Å². The number of amides is 1. The van der Waals surface area contributed by atoms with Crippen LogP contribution >= 0.6 is 0 Å². The summed E-state index contributed by atoms with van der Waals surface area (Å²) in [5.41, 5.74) is 3.19. The number of aryl methyl sites for hydroxylation is 2. The molecule has 0 aromatic heterocycles.